The van der Waals surface area contributed by atoms with E-state index < -0.39 is 0 Å². The number of fused-ring (bicyclic) bond motifs is 5. The Hall–Kier alpha value is -0.410. The van der Waals surface area contributed by atoms with Crippen LogP contribution in [-0.4, -0.2) is 28.2 Å². The van der Waals surface area contributed by atoms with E-state index in [2.05, 4.69) is 62.3 Å². The first kappa shape index (κ1) is 25.2. The second-order valence-electron chi connectivity index (χ2n) is 15.5. The van der Waals surface area contributed by atoms with Crippen molar-refractivity contribution in [1.29, 1.82) is 0 Å². The highest BCUT2D eigenvalue weighted by molar-refractivity contribution is 5.85. The minimum atomic E-state index is -0.276. The van der Waals surface area contributed by atoms with Crippen LogP contribution in [0.5, 0.6) is 0 Å². The Bertz CT molecular complexity index is 863. The van der Waals surface area contributed by atoms with Crippen molar-refractivity contribution in [2.24, 2.45) is 51.2 Å². The molecule has 1 heterocycles. The minimum absolute atomic E-state index is 0.0286. The third kappa shape index (κ3) is 2.98. The third-order valence-electron chi connectivity index (χ3n) is 13.7. The minimum Gasteiger partial charge on any atom is -0.393 e. The summed E-state index contributed by atoms with van der Waals surface area (Å²) in [5, 5.41) is 12.0. The molecule has 0 aromatic heterocycles. The van der Waals surface area contributed by atoms with E-state index in [0.717, 1.165) is 38.5 Å². The van der Waals surface area contributed by atoms with E-state index in [1.807, 2.05) is 0 Å². The number of carbonyl (C=O) groups is 1. The normalized spacial score (nSPS) is 56.8. The zero-order valence-corrected chi connectivity index (χ0v) is 23.6. The number of aliphatic hydroxyl groups is 1. The van der Waals surface area contributed by atoms with Gasteiger partial charge in [0.25, 0.3) is 0 Å². The van der Waals surface area contributed by atoms with E-state index in [-0.39, 0.29) is 44.9 Å². The lowest BCUT2D eigenvalue weighted by atomic mass is 9.35. The van der Waals surface area contributed by atoms with E-state index in [0.29, 0.717) is 35.9 Å². The summed E-state index contributed by atoms with van der Waals surface area (Å²) in [5.74, 6) is 2.67. The summed E-state index contributed by atoms with van der Waals surface area (Å²) in [6.07, 6.45) is 9.31. The second kappa shape index (κ2) is 7.33. The van der Waals surface area contributed by atoms with Crippen molar-refractivity contribution in [3.05, 3.63) is 0 Å². The van der Waals surface area contributed by atoms with Gasteiger partial charge in [0, 0.05) is 11.8 Å². The summed E-state index contributed by atoms with van der Waals surface area (Å²) in [7, 11) is 0. The van der Waals surface area contributed by atoms with Crippen molar-refractivity contribution in [3.63, 3.8) is 0 Å². The molecule has 0 spiro atoms. The first-order chi connectivity index (χ1) is 15.6. The van der Waals surface area contributed by atoms with Gasteiger partial charge in [-0.25, -0.2) is 0 Å². The Kier molecular flexibility index (Phi) is 5.45. The van der Waals surface area contributed by atoms with Crippen LogP contribution < -0.4 is 0 Å². The standard InChI is InChI=1S/C31H52O3/c1-19(2)30(8)16-17-31(9,34-30)20-10-14-28(6)21(20)18-22(32)25-27(5)13-12-24(33)26(3,4)23(27)11-15-29(25,28)7/h19-23,25,32H,10-18H2,1-9H3/t20-,21-,22+,23-,25-,27-,28+,29+,30+,31-/m0/s1. The van der Waals surface area contributed by atoms with E-state index in [9.17, 15) is 9.90 Å². The molecule has 1 aliphatic heterocycles. The number of ketones is 1. The number of aliphatic hydroxyl groups excluding tert-OH is 1. The molecule has 10 atom stereocenters. The van der Waals surface area contributed by atoms with Gasteiger partial charge in [-0.05, 0) is 111 Å². The number of Topliss-reactive ketones (excluding diaryl/α,β-unsaturated/α-hetero) is 1. The molecule has 0 aromatic carbocycles. The largest absolute Gasteiger partial charge is 0.393 e. The van der Waals surface area contributed by atoms with Crippen LogP contribution in [0.4, 0.5) is 0 Å². The SMILES string of the molecule is CC(C)[C@@]1(C)CC[C@@](C)([C@H]2CC[C@]3(C)[C@H]2C[C@@H](O)[C@H]2[C@@]4(C)CCC(=O)C(C)(C)[C@@H]4CC[C@]23C)O1. The van der Waals surface area contributed by atoms with Crippen LogP contribution in [0.2, 0.25) is 0 Å². The van der Waals surface area contributed by atoms with Crippen LogP contribution in [-0.2, 0) is 9.53 Å². The van der Waals surface area contributed by atoms with Crippen LogP contribution in [0.25, 0.3) is 0 Å². The van der Waals surface area contributed by atoms with Gasteiger partial charge >= 0.3 is 0 Å². The van der Waals surface area contributed by atoms with Crippen LogP contribution in [0.3, 0.4) is 0 Å². The average Bonchev–Trinajstić information content (AvgIpc) is 3.24. The first-order valence-corrected chi connectivity index (χ1v) is 14.5. The van der Waals surface area contributed by atoms with E-state index in [4.69, 9.17) is 4.74 Å². The maximum atomic E-state index is 12.9. The number of rotatable bonds is 2. The topological polar surface area (TPSA) is 46.5 Å². The molecule has 5 aliphatic rings. The highest BCUT2D eigenvalue weighted by Gasteiger charge is 2.72. The molecule has 1 N–H and O–H groups in total. The van der Waals surface area contributed by atoms with Crippen molar-refractivity contribution in [2.45, 2.75) is 137 Å². The maximum absolute atomic E-state index is 12.9. The Morgan fingerprint density at radius 1 is 0.853 bits per heavy atom. The van der Waals surface area contributed by atoms with Crippen molar-refractivity contribution in [1.82, 2.24) is 0 Å². The molecule has 5 rings (SSSR count). The molecule has 4 saturated carbocycles. The third-order valence-corrected chi connectivity index (χ3v) is 13.7. The molecular weight excluding hydrogens is 420 g/mol. The van der Waals surface area contributed by atoms with Crippen molar-refractivity contribution >= 4 is 5.78 Å². The summed E-state index contributed by atoms with van der Waals surface area (Å²) in [6, 6.07) is 0. The van der Waals surface area contributed by atoms with Crippen LogP contribution in [0.1, 0.15) is 120 Å². The fraction of sp³-hybridized carbons (Fsp3) is 0.968. The predicted octanol–water partition coefficient (Wildman–Crippen LogP) is 7.20. The van der Waals surface area contributed by atoms with Gasteiger partial charge in [0.2, 0.25) is 0 Å². The zero-order valence-electron chi connectivity index (χ0n) is 23.6. The lowest BCUT2D eigenvalue weighted by Crippen LogP contribution is -2.67. The molecule has 3 nitrogen and oxygen atoms in total. The Balaban J connectivity index is 1.50. The fourth-order valence-electron chi connectivity index (χ4n) is 11.1. The van der Waals surface area contributed by atoms with Crippen molar-refractivity contribution in [2.75, 3.05) is 0 Å². The van der Waals surface area contributed by atoms with Crippen LogP contribution >= 0.6 is 0 Å². The van der Waals surface area contributed by atoms with E-state index >= 15 is 0 Å². The fourth-order valence-corrected chi connectivity index (χ4v) is 11.1. The number of hydrogen-bond acceptors (Lipinski definition) is 3. The van der Waals surface area contributed by atoms with Gasteiger partial charge in [0.15, 0.2) is 0 Å². The van der Waals surface area contributed by atoms with Gasteiger partial charge in [0.1, 0.15) is 5.78 Å². The molecule has 3 heteroatoms. The Labute approximate surface area is 209 Å². The van der Waals surface area contributed by atoms with Gasteiger partial charge < -0.3 is 9.84 Å². The molecule has 0 radical (unpaired) electrons. The zero-order chi connectivity index (χ0) is 25.1. The molecule has 4 aliphatic carbocycles. The lowest BCUT2D eigenvalue weighted by Gasteiger charge is -2.70. The smallest absolute Gasteiger partial charge is 0.138 e. The second-order valence-corrected chi connectivity index (χ2v) is 15.5. The van der Waals surface area contributed by atoms with Gasteiger partial charge in [0.05, 0.1) is 17.3 Å². The van der Waals surface area contributed by atoms with Gasteiger partial charge in [-0.2, -0.15) is 0 Å². The average molecular weight is 473 g/mol. The summed E-state index contributed by atoms with van der Waals surface area (Å²) in [6.45, 7) is 21.3. The molecule has 0 aromatic rings. The molecule has 0 amide bonds. The molecular formula is C31H52O3. The van der Waals surface area contributed by atoms with E-state index in [1.54, 1.807) is 0 Å². The lowest BCUT2D eigenvalue weighted by molar-refractivity contribution is -0.243. The predicted molar refractivity (Wildman–Crippen MR) is 137 cm³/mol. The molecule has 34 heavy (non-hydrogen) atoms. The summed E-state index contributed by atoms with van der Waals surface area (Å²) in [5.41, 5.74) is 0.00668. The molecule has 194 valence electrons. The summed E-state index contributed by atoms with van der Waals surface area (Å²) in [4.78, 5) is 12.9. The van der Waals surface area contributed by atoms with E-state index in [1.165, 1.54) is 12.8 Å². The number of carbonyl (C=O) groups excluding carboxylic acids is 1. The molecule has 0 bridgehead atoms. The van der Waals surface area contributed by atoms with Crippen molar-refractivity contribution < 1.29 is 14.6 Å². The first-order valence-electron chi connectivity index (χ1n) is 14.5. The Morgan fingerprint density at radius 2 is 1.50 bits per heavy atom. The van der Waals surface area contributed by atoms with Crippen LogP contribution in [0, 0.1) is 51.2 Å². The highest BCUT2D eigenvalue weighted by Crippen LogP contribution is 2.76. The van der Waals surface area contributed by atoms with Gasteiger partial charge in [-0.3, -0.25) is 4.79 Å². The Morgan fingerprint density at radius 3 is 2.12 bits per heavy atom. The quantitative estimate of drug-likeness (QED) is 0.462. The molecule has 5 fully saturated rings. The monoisotopic (exact) mass is 472 g/mol. The van der Waals surface area contributed by atoms with Gasteiger partial charge in [-0.15, -0.1) is 0 Å². The molecule has 0 unspecified atom stereocenters. The molecule has 1 saturated heterocycles. The number of ether oxygens (including phenoxy) is 1. The van der Waals surface area contributed by atoms with Gasteiger partial charge in [-0.1, -0.05) is 48.5 Å². The highest BCUT2D eigenvalue weighted by atomic mass is 16.5. The van der Waals surface area contributed by atoms with Crippen LogP contribution in [0.15, 0.2) is 0 Å². The van der Waals surface area contributed by atoms with Crippen molar-refractivity contribution in [3.8, 4) is 0 Å². The summed E-state index contributed by atoms with van der Waals surface area (Å²) < 4.78 is 7.01. The summed E-state index contributed by atoms with van der Waals surface area (Å²) >= 11 is 0. The maximum Gasteiger partial charge on any atom is 0.138 e. The number of hydrogen-bond donors (Lipinski definition) is 1.